The largest absolute Gasteiger partial charge is 0.497 e. The number of nitrogens with one attached hydrogen (secondary N) is 1. The number of fused-ring (bicyclic) bond motifs is 5. The molecule has 0 unspecified atom stereocenters. The molecule has 1 atom stereocenters. The minimum atomic E-state index is -0.447. The van der Waals surface area contributed by atoms with E-state index < -0.39 is 5.97 Å². The number of aromatic nitrogens is 1. The van der Waals surface area contributed by atoms with E-state index in [1.54, 1.807) is 31.4 Å². The number of urea groups is 1. The van der Waals surface area contributed by atoms with Crippen molar-refractivity contribution < 1.29 is 19.1 Å². The molecule has 0 spiro atoms. The molecule has 2 amide bonds. The maximum absolute atomic E-state index is 14.1. The molecule has 0 saturated heterocycles. The van der Waals surface area contributed by atoms with E-state index >= 15 is 0 Å². The molecule has 6 rings (SSSR count). The van der Waals surface area contributed by atoms with E-state index in [2.05, 4.69) is 22.1 Å². The smallest absolute Gasteiger partial charge is 0.337 e. The number of carbonyl (C=O) groups is 2. The van der Waals surface area contributed by atoms with Gasteiger partial charge in [0.2, 0.25) is 0 Å². The van der Waals surface area contributed by atoms with Gasteiger partial charge < -0.3 is 24.3 Å². The summed E-state index contributed by atoms with van der Waals surface area (Å²) < 4.78 is 12.7. The van der Waals surface area contributed by atoms with Crippen molar-refractivity contribution in [1.29, 1.82) is 0 Å². The Bertz CT molecular complexity index is 1520. The van der Waals surface area contributed by atoms with E-state index in [1.807, 2.05) is 46.6 Å². The predicted molar refractivity (Wildman–Crippen MR) is 147 cm³/mol. The van der Waals surface area contributed by atoms with Crippen LogP contribution in [0.25, 0.3) is 5.00 Å². The van der Waals surface area contributed by atoms with Gasteiger partial charge in [-0.1, -0.05) is 18.2 Å². The average molecular weight is 528 g/mol. The highest BCUT2D eigenvalue weighted by molar-refractivity contribution is 7.15. The van der Waals surface area contributed by atoms with Crippen LogP contribution in [-0.2, 0) is 24.1 Å². The van der Waals surface area contributed by atoms with Crippen LogP contribution in [0.4, 0.5) is 10.5 Å². The quantitative estimate of drug-likeness (QED) is 0.314. The number of hydrogen-bond donors (Lipinski definition) is 1. The zero-order chi connectivity index (χ0) is 26.2. The van der Waals surface area contributed by atoms with E-state index in [0.717, 1.165) is 29.8 Å². The van der Waals surface area contributed by atoms with Crippen molar-refractivity contribution in [1.82, 2.24) is 9.47 Å². The van der Waals surface area contributed by atoms with Crippen molar-refractivity contribution >= 4 is 29.0 Å². The fourth-order valence-corrected chi connectivity index (χ4v) is 6.99. The van der Waals surface area contributed by atoms with Gasteiger partial charge in [0.25, 0.3) is 0 Å². The molecule has 1 aliphatic carbocycles. The SMILES string of the molecule is COC(=O)c1cccc(NC(=O)N2Cc3c(sc4c3CCCC4)-n3cccc3[C@@H]2c2cccc(OC)c2)c1. The van der Waals surface area contributed by atoms with E-state index in [-0.39, 0.29) is 12.1 Å². The van der Waals surface area contributed by atoms with Gasteiger partial charge in [-0.2, -0.15) is 0 Å². The molecular weight excluding hydrogens is 498 g/mol. The topological polar surface area (TPSA) is 72.8 Å². The molecule has 4 aromatic rings. The Kier molecular flexibility index (Phi) is 6.41. The first kappa shape index (κ1) is 24.3. The maximum atomic E-state index is 14.1. The van der Waals surface area contributed by atoms with Crippen molar-refractivity contribution in [2.24, 2.45) is 0 Å². The third-order valence-corrected chi connectivity index (χ3v) is 8.72. The Labute approximate surface area is 225 Å². The summed E-state index contributed by atoms with van der Waals surface area (Å²) >= 11 is 1.86. The van der Waals surface area contributed by atoms with Crippen LogP contribution in [0.2, 0.25) is 0 Å². The van der Waals surface area contributed by atoms with Gasteiger partial charge in [-0.15, -0.1) is 11.3 Å². The van der Waals surface area contributed by atoms with Crippen molar-refractivity contribution in [3.05, 3.63) is 99.7 Å². The highest BCUT2D eigenvalue weighted by Crippen LogP contribution is 2.44. The first-order chi connectivity index (χ1) is 18.6. The molecule has 7 nitrogen and oxygen atoms in total. The number of thiophene rings is 1. The van der Waals surface area contributed by atoms with Crippen LogP contribution >= 0.6 is 11.3 Å². The summed E-state index contributed by atoms with van der Waals surface area (Å²) in [5.41, 5.74) is 5.53. The number of aryl methyl sites for hydroxylation is 1. The lowest BCUT2D eigenvalue weighted by Gasteiger charge is -2.31. The molecule has 8 heteroatoms. The lowest BCUT2D eigenvalue weighted by atomic mass is 9.95. The van der Waals surface area contributed by atoms with Crippen LogP contribution in [-0.4, -0.2) is 35.7 Å². The van der Waals surface area contributed by atoms with Crippen LogP contribution in [0.5, 0.6) is 5.75 Å². The third kappa shape index (κ3) is 4.24. The minimum absolute atomic E-state index is 0.240. The molecule has 0 radical (unpaired) electrons. The highest BCUT2D eigenvalue weighted by atomic mass is 32.1. The van der Waals surface area contributed by atoms with Crippen molar-refractivity contribution in [3.8, 4) is 10.8 Å². The fraction of sp³-hybridized carbons (Fsp3) is 0.267. The zero-order valence-electron chi connectivity index (χ0n) is 21.4. The summed E-state index contributed by atoms with van der Waals surface area (Å²) in [4.78, 5) is 29.5. The molecule has 1 N–H and O–H groups in total. The summed E-state index contributed by atoms with van der Waals surface area (Å²) in [6.07, 6.45) is 6.61. The van der Waals surface area contributed by atoms with Gasteiger partial charge in [0.15, 0.2) is 0 Å². The normalized spacial score (nSPS) is 16.1. The van der Waals surface area contributed by atoms with Crippen molar-refractivity contribution in [2.75, 3.05) is 19.5 Å². The standard InChI is InChI=1S/C30H29N3O4S/c1-36-22-11-6-8-19(17-22)27-25-13-7-15-32(25)28-24(23-12-3-4-14-26(23)38-28)18-33(27)30(35)31-21-10-5-9-20(16-21)29(34)37-2/h5-11,13,15-17,27H,3-4,12,14,18H2,1-2H3,(H,31,35)/t27-/m0/s1. The van der Waals surface area contributed by atoms with Gasteiger partial charge in [-0.25, -0.2) is 9.59 Å². The molecule has 3 heterocycles. The number of ether oxygens (including phenoxy) is 2. The lowest BCUT2D eigenvalue weighted by Crippen LogP contribution is -2.38. The Morgan fingerprint density at radius 1 is 0.974 bits per heavy atom. The number of hydrogen-bond acceptors (Lipinski definition) is 5. The van der Waals surface area contributed by atoms with E-state index in [4.69, 9.17) is 9.47 Å². The number of nitrogens with zero attached hydrogens (tertiary/aromatic N) is 2. The Hall–Kier alpha value is -4.04. The molecular formula is C30H29N3O4S. The molecule has 2 aromatic carbocycles. The molecule has 0 bridgehead atoms. The second-order valence-corrected chi connectivity index (χ2v) is 10.7. The van der Waals surface area contributed by atoms with Crippen LogP contribution in [0.3, 0.4) is 0 Å². The second-order valence-electron chi connectivity index (χ2n) is 9.61. The van der Waals surface area contributed by atoms with E-state index in [1.165, 1.54) is 41.0 Å². The summed E-state index contributed by atoms with van der Waals surface area (Å²) in [5.74, 6) is 0.292. The molecule has 2 aromatic heterocycles. The number of amides is 2. The van der Waals surface area contributed by atoms with Crippen LogP contribution in [0.1, 0.15) is 56.5 Å². The first-order valence-corrected chi connectivity index (χ1v) is 13.6. The molecule has 194 valence electrons. The summed E-state index contributed by atoms with van der Waals surface area (Å²) in [6.45, 7) is 0.479. The summed E-state index contributed by atoms with van der Waals surface area (Å²) in [5, 5.41) is 4.26. The minimum Gasteiger partial charge on any atom is -0.497 e. The number of esters is 1. The number of benzene rings is 2. The summed E-state index contributed by atoms with van der Waals surface area (Å²) in [6, 6.07) is 18.3. The van der Waals surface area contributed by atoms with Crippen molar-refractivity contribution in [2.45, 2.75) is 38.3 Å². The fourth-order valence-electron chi connectivity index (χ4n) is 5.59. The third-order valence-electron chi connectivity index (χ3n) is 7.38. The van der Waals surface area contributed by atoms with Gasteiger partial charge in [0.1, 0.15) is 10.8 Å². The maximum Gasteiger partial charge on any atom is 0.337 e. The van der Waals surface area contributed by atoms with Gasteiger partial charge in [0.05, 0.1) is 38.1 Å². The van der Waals surface area contributed by atoms with E-state index in [9.17, 15) is 9.59 Å². The average Bonchev–Trinajstić information content (AvgIpc) is 3.54. The van der Waals surface area contributed by atoms with Gasteiger partial charge in [-0.05, 0) is 79.3 Å². The highest BCUT2D eigenvalue weighted by Gasteiger charge is 2.36. The number of rotatable bonds is 4. The summed E-state index contributed by atoms with van der Waals surface area (Å²) in [7, 11) is 3.00. The second kappa shape index (κ2) is 10.0. The number of anilines is 1. The lowest BCUT2D eigenvalue weighted by molar-refractivity contribution is 0.0600. The van der Waals surface area contributed by atoms with Gasteiger partial charge in [-0.3, -0.25) is 0 Å². The number of methoxy groups -OCH3 is 2. The zero-order valence-corrected chi connectivity index (χ0v) is 22.2. The Balaban J connectivity index is 1.46. The Morgan fingerprint density at radius 2 is 1.82 bits per heavy atom. The molecule has 38 heavy (non-hydrogen) atoms. The van der Waals surface area contributed by atoms with Crippen molar-refractivity contribution in [3.63, 3.8) is 0 Å². The predicted octanol–water partition coefficient (Wildman–Crippen LogP) is 6.35. The van der Waals surface area contributed by atoms with Crippen LogP contribution in [0.15, 0.2) is 66.9 Å². The molecule has 2 aliphatic rings. The molecule has 0 fully saturated rings. The van der Waals surface area contributed by atoms with E-state index in [0.29, 0.717) is 17.8 Å². The molecule has 0 saturated carbocycles. The first-order valence-electron chi connectivity index (χ1n) is 12.8. The van der Waals surface area contributed by atoms with Gasteiger partial charge >= 0.3 is 12.0 Å². The Morgan fingerprint density at radius 3 is 2.66 bits per heavy atom. The van der Waals surface area contributed by atoms with Crippen LogP contribution in [0, 0.1) is 0 Å². The number of carbonyl (C=O) groups excluding carboxylic acids is 2. The monoisotopic (exact) mass is 527 g/mol. The van der Waals surface area contributed by atoms with Gasteiger partial charge in [0, 0.05) is 22.3 Å². The molecule has 1 aliphatic heterocycles. The van der Waals surface area contributed by atoms with Crippen LogP contribution < -0.4 is 10.1 Å².